The largest absolute Gasteiger partial charge is 0.336 e. The fourth-order valence-electron chi connectivity index (χ4n) is 3.83. The van der Waals surface area contributed by atoms with Crippen molar-refractivity contribution in [3.8, 4) is 5.69 Å². The monoisotopic (exact) mass is 448 g/mol. The Kier molecular flexibility index (Phi) is 5.46. The molecule has 0 N–H and O–H groups in total. The number of hydrogen-bond acceptors (Lipinski definition) is 5. The summed E-state index contributed by atoms with van der Waals surface area (Å²) in [6, 6.07) is 16.6. The molecule has 0 aliphatic carbocycles. The van der Waals surface area contributed by atoms with Crippen LogP contribution < -0.4 is 5.56 Å². The molecule has 1 amide bonds. The molecule has 2 aromatic heterocycles. The van der Waals surface area contributed by atoms with Gasteiger partial charge in [0.1, 0.15) is 0 Å². The summed E-state index contributed by atoms with van der Waals surface area (Å²) < 4.78 is 3.13. The van der Waals surface area contributed by atoms with Crippen LogP contribution in [0.1, 0.15) is 10.4 Å². The van der Waals surface area contributed by atoms with E-state index in [4.69, 9.17) is 11.6 Å². The van der Waals surface area contributed by atoms with Crippen molar-refractivity contribution < 1.29 is 4.79 Å². The molecule has 5 rings (SSSR count). The van der Waals surface area contributed by atoms with E-state index in [1.807, 2.05) is 41.4 Å². The molecule has 0 unspecified atom stereocenters. The summed E-state index contributed by atoms with van der Waals surface area (Å²) >= 11 is 5.91. The highest BCUT2D eigenvalue weighted by atomic mass is 35.5. The second kappa shape index (κ2) is 8.57. The molecule has 1 aliphatic heterocycles. The van der Waals surface area contributed by atoms with Gasteiger partial charge in [-0.15, -0.1) is 0 Å². The number of carbonyl (C=O) groups is 1. The Morgan fingerprint density at radius 1 is 0.969 bits per heavy atom. The molecular formula is C23H21ClN6O2. The topological polar surface area (TPSA) is 76.3 Å². The number of piperazine rings is 1. The number of carbonyl (C=O) groups excluding carboxylic acids is 1. The molecule has 9 heteroatoms. The zero-order valence-electron chi connectivity index (χ0n) is 17.3. The molecule has 1 saturated heterocycles. The van der Waals surface area contributed by atoms with Crippen molar-refractivity contribution in [2.75, 3.05) is 26.2 Å². The zero-order valence-corrected chi connectivity index (χ0v) is 18.0. The Hall–Kier alpha value is -3.49. The Balaban J connectivity index is 1.27. The van der Waals surface area contributed by atoms with Crippen LogP contribution in [0.15, 0.2) is 71.8 Å². The van der Waals surface area contributed by atoms with Crippen LogP contribution in [-0.4, -0.2) is 61.4 Å². The van der Waals surface area contributed by atoms with E-state index in [9.17, 15) is 9.59 Å². The van der Waals surface area contributed by atoms with E-state index in [0.717, 1.165) is 5.69 Å². The first-order valence-electron chi connectivity index (χ1n) is 10.4. The number of rotatable bonds is 4. The zero-order chi connectivity index (χ0) is 22.1. The Morgan fingerprint density at radius 2 is 1.69 bits per heavy atom. The SMILES string of the molecule is O=C(c1ccc(Cl)cc1)N1CCN(Cn2ncc3cn(-c4ccccc4)nc3c2=O)CC1. The molecule has 1 fully saturated rings. The van der Waals surface area contributed by atoms with Crippen molar-refractivity contribution in [3.05, 3.63) is 87.9 Å². The van der Waals surface area contributed by atoms with Crippen LogP contribution in [0.4, 0.5) is 0 Å². The number of nitrogens with zero attached hydrogens (tertiary/aromatic N) is 6. The molecule has 0 saturated carbocycles. The van der Waals surface area contributed by atoms with Crippen molar-refractivity contribution in [2.24, 2.45) is 0 Å². The van der Waals surface area contributed by atoms with Crippen LogP contribution >= 0.6 is 11.6 Å². The van der Waals surface area contributed by atoms with Crippen LogP contribution in [-0.2, 0) is 6.67 Å². The fraction of sp³-hybridized carbons (Fsp3) is 0.217. The summed E-state index contributed by atoms with van der Waals surface area (Å²) in [5.74, 6) is -0.00974. The van der Waals surface area contributed by atoms with Gasteiger partial charge >= 0.3 is 0 Å². The lowest BCUT2D eigenvalue weighted by molar-refractivity contribution is 0.0583. The molecule has 0 spiro atoms. The maximum atomic E-state index is 13.0. The first-order valence-corrected chi connectivity index (χ1v) is 10.7. The summed E-state index contributed by atoms with van der Waals surface area (Å²) in [6.45, 7) is 2.84. The van der Waals surface area contributed by atoms with Crippen molar-refractivity contribution in [3.63, 3.8) is 0 Å². The molecule has 3 heterocycles. The summed E-state index contributed by atoms with van der Waals surface area (Å²) in [4.78, 5) is 29.6. The lowest BCUT2D eigenvalue weighted by Gasteiger charge is -2.34. The molecule has 0 bridgehead atoms. The minimum atomic E-state index is -0.225. The highest BCUT2D eigenvalue weighted by Gasteiger charge is 2.23. The van der Waals surface area contributed by atoms with E-state index in [1.54, 1.807) is 35.1 Å². The van der Waals surface area contributed by atoms with Crippen LogP contribution in [0, 0.1) is 0 Å². The maximum absolute atomic E-state index is 13.0. The number of amides is 1. The smallest absolute Gasteiger partial charge is 0.296 e. The van der Waals surface area contributed by atoms with Gasteiger partial charge in [-0.25, -0.2) is 9.36 Å². The van der Waals surface area contributed by atoms with Crippen LogP contribution in [0.3, 0.4) is 0 Å². The number of fused-ring (bicyclic) bond motifs is 1. The maximum Gasteiger partial charge on any atom is 0.296 e. The number of para-hydroxylation sites is 1. The minimum absolute atomic E-state index is 0.00974. The van der Waals surface area contributed by atoms with E-state index in [1.165, 1.54) is 4.68 Å². The number of hydrogen-bond donors (Lipinski definition) is 0. The highest BCUT2D eigenvalue weighted by molar-refractivity contribution is 6.30. The number of halogens is 1. The lowest BCUT2D eigenvalue weighted by atomic mass is 10.2. The third kappa shape index (κ3) is 4.02. The van der Waals surface area contributed by atoms with Crippen LogP contribution in [0.5, 0.6) is 0 Å². The van der Waals surface area contributed by atoms with Crippen molar-refractivity contribution in [2.45, 2.75) is 6.67 Å². The third-order valence-electron chi connectivity index (χ3n) is 5.62. The van der Waals surface area contributed by atoms with Crippen molar-refractivity contribution >= 4 is 28.4 Å². The van der Waals surface area contributed by atoms with Gasteiger partial charge in [-0.2, -0.15) is 10.2 Å². The van der Waals surface area contributed by atoms with Gasteiger partial charge in [0.05, 0.1) is 18.6 Å². The van der Waals surface area contributed by atoms with E-state index < -0.39 is 0 Å². The summed E-state index contributed by atoms with van der Waals surface area (Å²) in [7, 11) is 0. The van der Waals surface area contributed by atoms with Crippen molar-refractivity contribution in [1.82, 2.24) is 29.4 Å². The quantitative estimate of drug-likeness (QED) is 0.479. The second-order valence-corrected chi connectivity index (χ2v) is 8.16. The Labute approximate surface area is 189 Å². The predicted molar refractivity (Wildman–Crippen MR) is 122 cm³/mol. The van der Waals surface area contributed by atoms with Gasteiger partial charge in [0.2, 0.25) is 0 Å². The lowest BCUT2D eigenvalue weighted by Crippen LogP contribution is -2.49. The standard InChI is InChI=1S/C23H21ClN6O2/c24-19-8-6-17(7-9-19)22(31)28-12-10-27(11-13-28)16-30-23(32)21-18(14-25-30)15-29(26-21)20-4-2-1-3-5-20/h1-9,14-15H,10-13,16H2. The van der Waals surface area contributed by atoms with Gasteiger partial charge in [0, 0.05) is 48.3 Å². The molecular weight excluding hydrogens is 428 g/mol. The van der Waals surface area contributed by atoms with Gasteiger partial charge in [-0.05, 0) is 36.4 Å². The van der Waals surface area contributed by atoms with E-state index in [2.05, 4.69) is 15.1 Å². The summed E-state index contributed by atoms with van der Waals surface area (Å²) in [6.07, 6.45) is 3.48. The molecule has 1 aliphatic rings. The Bertz CT molecular complexity index is 1310. The van der Waals surface area contributed by atoms with Crippen molar-refractivity contribution in [1.29, 1.82) is 0 Å². The molecule has 0 radical (unpaired) electrons. The molecule has 32 heavy (non-hydrogen) atoms. The van der Waals surface area contributed by atoms with Crippen LogP contribution in [0.2, 0.25) is 5.02 Å². The second-order valence-electron chi connectivity index (χ2n) is 7.72. The molecule has 4 aromatic rings. The van der Waals surface area contributed by atoms with Gasteiger partial charge in [0.15, 0.2) is 5.52 Å². The average molecular weight is 449 g/mol. The fourth-order valence-corrected chi connectivity index (χ4v) is 3.95. The normalized spacial score (nSPS) is 14.7. The number of aromatic nitrogens is 4. The predicted octanol–water partition coefficient (Wildman–Crippen LogP) is 2.65. The van der Waals surface area contributed by atoms with E-state index >= 15 is 0 Å². The Morgan fingerprint density at radius 3 is 2.41 bits per heavy atom. The molecule has 2 aromatic carbocycles. The van der Waals surface area contributed by atoms with Crippen LogP contribution in [0.25, 0.3) is 16.6 Å². The highest BCUT2D eigenvalue weighted by Crippen LogP contribution is 2.14. The third-order valence-corrected chi connectivity index (χ3v) is 5.87. The molecule has 0 atom stereocenters. The van der Waals surface area contributed by atoms with Gasteiger partial charge in [-0.1, -0.05) is 29.8 Å². The summed E-state index contributed by atoms with van der Waals surface area (Å²) in [5, 5.41) is 10.1. The first kappa shape index (κ1) is 20.4. The van der Waals surface area contributed by atoms with Gasteiger partial charge in [0.25, 0.3) is 11.5 Å². The first-order chi connectivity index (χ1) is 15.6. The van der Waals surface area contributed by atoms with E-state index in [0.29, 0.717) is 54.3 Å². The number of benzene rings is 2. The van der Waals surface area contributed by atoms with Gasteiger partial charge in [-0.3, -0.25) is 14.5 Å². The van der Waals surface area contributed by atoms with Gasteiger partial charge < -0.3 is 4.90 Å². The molecule has 162 valence electrons. The summed E-state index contributed by atoms with van der Waals surface area (Å²) in [5.41, 5.74) is 1.67. The average Bonchev–Trinajstić information content (AvgIpc) is 3.27. The van der Waals surface area contributed by atoms with E-state index in [-0.39, 0.29) is 11.5 Å². The minimum Gasteiger partial charge on any atom is -0.336 e. The molecule has 8 nitrogen and oxygen atoms in total.